The van der Waals surface area contributed by atoms with Crippen LogP contribution in [0.4, 0.5) is 0 Å². The minimum Gasteiger partial charge on any atom is -0.458 e. The number of allylic oxidation sites excluding steroid dienone is 1. The maximum Gasteiger partial charge on any atom is 0.333 e. The summed E-state index contributed by atoms with van der Waals surface area (Å²) in [6.45, 7) is 5.33. The maximum absolute atomic E-state index is 11.6. The van der Waals surface area contributed by atoms with Crippen molar-refractivity contribution in [3.8, 4) is 0 Å². The number of ether oxygens (including phenoxy) is 1. The van der Waals surface area contributed by atoms with Crippen LogP contribution in [0.5, 0.6) is 0 Å². The standard InChI is InChI=1S/C13H19NO3/c1-3-9(2)13(16)17-11-6-12-10(8-15)4-5-14(12)7-11/h3-4,11-12,15H,5-8H2,1-2H3. The second-order valence-corrected chi connectivity index (χ2v) is 4.64. The number of carbonyl (C=O) groups excluding carboxylic acids is 1. The third-order valence-electron chi connectivity index (χ3n) is 3.59. The van der Waals surface area contributed by atoms with Gasteiger partial charge in [0.1, 0.15) is 6.10 Å². The molecule has 1 fully saturated rings. The topological polar surface area (TPSA) is 49.8 Å². The van der Waals surface area contributed by atoms with Crippen LogP contribution in [0.15, 0.2) is 23.3 Å². The minimum atomic E-state index is -0.229. The third kappa shape index (κ3) is 2.42. The van der Waals surface area contributed by atoms with E-state index in [1.807, 2.05) is 6.92 Å². The Morgan fingerprint density at radius 3 is 3.12 bits per heavy atom. The zero-order chi connectivity index (χ0) is 12.4. The summed E-state index contributed by atoms with van der Waals surface area (Å²) in [5.74, 6) is -0.229. The van der Waals surface area contributed by atoms with Crippen molar-refractivity contribution in [3.05, 3.63) is 23.3 Å². The molecule has 0 aromatic rings. The van der Waals surface area contributed by atoms with E-state index >= 15 is 0 Å². The van der Waals surface area contributed by atoms with Crippen LogP contribution in [0.2, 0.25) is 0 Å². The van der Waals surface area contributed by atoms with E-state index in [1.54, 1.807) is 13.0 Å². The fourth-order valence-electron chi connectivity index (χ4n) is 2.44. The predicted octanol–water partition coefficient (Wildman–Crippen LogP) is 0.871. The number of fused-ring (bicyclic) bond motifs is 1. The zero-order valence-corrected chi connectivity index (χ0v) is 10.3. The Hall–Kier alpha value is -1.13. The van der Waals surface area contributed by atoms with E-state index in [1.165, 1.54) is 0 Å². The lowest BCUT2D eigenvalue weighted by atomic mass is 10.1. The van der Waals surface area contributed by atoms with Gasteiger partial charge < -0.3 is 9.84 Å². The van der Waals surface area contributed by atoms with Crippen LogP contribution >= 0.6 is 0 Å². The average molecular weight is 237 g/mol. The molecule has 94 valence electrons. The Morgan fingerprint density at radius 2 is 2.47 bits per heavy atom. The van der Waals surface area contributed by atoms with E-state index in [-0.39, 0.29) is 24.7 Å². The van der Waals surface area contributed by atoms with Gasteiger partial charge in [0.15, 0.2) is 0 Å². The minimum absolute atomic E-state index is 0.0438. The first-order valence-corrected chi connectivity index (χ1v) is 6.03. The summed E-state index contributed by atoms with van der Waals surface area (Å²) in [6, 6.07) is 0.267. The Kier molecular flexibility index (Phi) is 3.64. The summed E-state index contributed by atoms with van der Waals surface area (Å²) in [7, 11) is 0. The van der Waals surface area contributed by atoms with Crippen LogP contribution in [-0.2, 0) is 9.53 Å². The number of esters is 1. The monoisotopic (exact) mass is 237 g/mol. The Morgan fingerprint density at radius 1 is 1.71 bits per heavy atom. The van der Waals surface area contributed by atoms with Crippen LogP contribution in [0.1, 0.15) is 20.3 Å². The molecule has 2 heterocycles. The molecule has 2 aliphatic heterocycles. The van der Waals surface area contributed by atoms with Gasteiger partial charge in [0.05, 0.1) is 6.61 Å². The Balaban J connectivity index is 1.91. The molecule has 0 aromatic heterocycles. The third-order valence-corrected chi connectivity index (χ3v) is 3.59. The van der Waals surface area contributed by atoms with Crippen molar-refractivity contribution in [1.29, 1.82) is 0 Å². The van der Waals surface area contributed by atoms with E-state index < -0.39 is 0 Å². The van der Waals surface area contributed by atoms with E-state index in [2.05, 4.69) is 11.0 Å². The lowest BCUT2D eigenvalue weighted by Gasteiger charge is -2.15. The van der Waals surface area contributed by atoms with E-state index in [0.29, 0.717) is 5.57 Å². The number of aliphatic hydroxyl groups excluding tert-OH is 1. The van der Waals surface area contributed by atoms with Gasteiger partial charge in [-0.25, -0.2) is 4.79 Å². The van der Waals surface area contributed by atoms with Gasteiger partial charge in [0.2, 0.25) is 0 Å². The molecule has 1 saturated heterocycles. The first kappa shape index (κ1) is 12.3. The number of hydrogen-bond donors (Lipinski definition) is 1. The predicted molar refractivity (Wildman–Crippen MR) is 64.5 cm³/mol. The van der Waals surface area contributed by atoms with Gasteiger partial charge in [-0.15, -0.1) is 0 Å². The molecule has 0 bridgehead atoms. The average Bonchev–Trinajstić information content (AvgIpc) is 2.87. The fraction of sp³-hybridized carbons (Fsp3) is 0.615. The van der Waals surface area contributed by atoms with E-state index in [9.17, 15) is 9.90 Å². The number of nitrogens with zero attached hydrogens (tertiary/aromatic N) is 1. The molecule has 0 radical (unpaired) electrons. The molecule has 0 saturated carbocycles. The van der Waals surface area contributed by atoms with Crippen LogP contribution in [0.25, 0.3) is 0 Å². The van der Waals surface area contributed by atoms with Gasteiger partial charge in [-0.2, -0.15) is 0 Å². The van der Waals surface area contributed by atoms with Crippen molar-refractivity contribution in [1.82, 2.24) is 4.90 Å². The van der Waals surface area contributed by atoms with Gasteiger partial charge >= 0.3 is 5.97 Å². The second kappa shape index (κ2) is 5.02. The number of hydrogen-bond acceptors (Lipinski definition) is 4. The number of aliphatic hydroxyl groups is 1. The van der Waals surface area contributed by atoms with Crippen molar-refractivity contribution in [2.24, 2.45) is 0 Å². The molecule has 2 unspecified atom stereocenters. The highest BCUT2D eigenvalue weighted by Gasteiger charge is 2.38. The molecule has 2 aliphatic rings. The van der Waals surface area contributed by atoms with Crippen molar-refractivity contribution in [2.75, 3.05) is 19.7 Å². The zero-order valence-electron chi connectivity index (χ0n) is 10.3. The highest BCUT2D eigenvalue weighted by molar-refractivity contribution is 5.87. The molecule has 0 aromatic carbocycles. The quantitative estimate of drug-likeness (QED) is 0.449. The highest BCUT2D eigenvalue weighted by Crippen LogP contribution is 2.30. The smallest absolute Gasteiger partial charge is 0.333 e. The summed E-state index contributed by atoms with van der Waals surface area (Å²) in [4.78, 5) is 13.9. The van der Waals surface area contributed by atoms with E-state index in [0.717, 1.165) is 25.1 Å². The molecule has 4 nitrogen and oxygen atoms in total. The number of rotatable bonds is 3. The van der Waals surface area contributed by atoms with Gasteiger partial charge in [-0.05, 0) is 19.4 Å². The normalized spacial score (nSPS) is 29.1. The fourth-order valence-corrected chi connectivity index (χ4v) is 2.44. The first-order valence-electron chi connectivity index (χ1n) is 6.03. The van der Waals surface area contributed by atoms with Crippen LogP contribution in [0, 0.1) is 0 Å². The molecule has 0 amide bonds. The summed E-state index contributed by atoms with van der Waals surface area (Å²) < 4.78 is 5.44. The Bertz CT molecular complexity index is 373. The molecule has 0 aliphatic carbocycles. The molecule has 2 atom stereocenters. The molecule has 2 rings (SSSR count). The molecule has 0 spiro atoms. The van der Waals surface area contributed by atoms with Crippen molar-refractivity contribution in [3.63, 3.8) is 0 Å². The lowest BCUT2D eigenvalue weighted by molar-refractivity contribution is -0.143. The van der Waals surface area contributed by atoms with Crippen LogP contribution in [-0.4, -0.2) is 47.8 Å². The number of carbonyl (C=O) groups is 1. The lowest BCUT2D eigenvalue weighted by Crippen LogP contribution is -2.27. The highest BCUT2D eigenvalue weighted by atomic mass is 16.5. The summed E-state index contributed by atoms with van der Waals surface area (Å²) in [6.07, 6.45) is 4.59. The Labute approximate surface area is 102 Å². The van der Waals surface area contributed by atoms with Crippen molar-refractivity contribution >= 4 is 5.97 Å². The summed E-state index contributed by atoms with van der Waals surface area (Å²) in [5, 5.41) is 9.20. The van der Waals surface area contributed by atoms with Gasteiger partial charge in [0.25, 0.3) is 0 Å². The van der Waals surface area contributed by atoms with Crippen molar-refractivity contribution in [2.45, 2.75) is 32.4 Å². The molecular weight excluding hydrogens is 218 g/mol. The first-order chi connectivity index (χ1) is 8.15. The maximum atomic E-state index is 11.6. The summed E-state index contributed by atoms with van der Waals surface area (Å²) >= 11 is 0. The van der Waals surface area contributed by atoms with Gasteiger partial charge in [0, 0.05) is 31.1 Å². The second-order valence-electron chi connectivity index (χ2n) is 4.64. The molecule has 1 N–H and O–H groups in total. The summed E-state index contributed by atoms with van der Waals surface area (Å²) in [5.41, 5.74) is 1.71. The molecular formula is C13H19NO3. The molecule has 17 heavy (non-hydrogen) atoms. The largest absolute Gasteiger partial charge is 0.458 e. The van der Waals surface area contributed by atoms with Crippen LogP contribution < -0.4 is 0 Å². The van der Waals surface area contributed by atoms with E-state index in [4.69, 9.17) is 4.74 Å². The van der Waals surface area contributed by atoms with Gasteiger partial charge in [-0.1, -0.05) is 12.2 Å². The van der Waals surface area contributed by atoms with Crippen LogP contribution in [0.3, 0.4) is 0 Å². The SMILES string of the molecule is CC=C(C)C(=O)OC1CC2C(CO)=CCN2C1. The van der Waals surface area contributed by atoms with Gasteiger partial charge in [-0.3, -0.25) is 4.90 Å². The molecule has 4 heteroatoms. The van der Waals surface area contributed by atoms with Crippen molar-refractivity contribution < 1.29 is 14.6 Å².